The van der Waals surface area contributed by atoms with Gasteiger partial charge < -0.3 is 14.8 Å². The first-order valence-electron chi connectivity index (χ1n) is 7.37. The Morgan fingerprint density at radius 2 is 1.75 bits per heavy atom. The predicted octanol–water partition coefficient (Wildman–Crippen LogP) is 3.34. The molecule has 1 heterocycles. The van der Waals surface area contributed by atoms with Crippen LogP contribution in [0.5, 0.6) is 0 Å². The minimum atomic E-state index is -0.0960. The van der Waals surface area contributed by atoms with Crippen molar-refractivity contribution < 1.29 is 9.52 Å². The normalized spacial score (nSPS) is 22.9. The average molecular weight is 271 g/mol. The molecule has 3 heteroatoms. The Kier molecular flexibility index (Phi) is 4.19. The quantitative estimate of drug-likeness (QED) is 0.896. The Labute approximate surface area is 119 Å². The van der Waals surface area contributed by atoms with Gasteiger partial charge in [-0.3, -0.25) is 0 Å². The minimum absolute atomic E-state index is 0.0960. The van der Waals surface area contributed by atoms with Crippen LogP contribution in [0.2, 0.25) is 0 Å². The highest BCUT2D eigenvalue weighted by atomic mass is 16.3. The van der Waals surface area contributed by atoms with Gasteiger partial charge in [0.05, 0.1) is 12.6 Å². The lowest BCUT2D eigenvalue weighted by Gasteiger charge is -2.25. The summed E-state index contributed by atoms with van der Waals surface area (Å²) in [6, 6.07) is 14.7. The van der Waals surface area contributed by atoms with Crippen LogP contribution in [0.1, 0.15) is 31.4 Å². The van der Waals surface area contributed by atoms with Crippen LogP contribution in [0.4, 0.5) is 0 Å². The number of rotatable bonds is 4. The fourth-order valence-corrected chi connectivity index (χ4v) is 2.76. The van der Waals surface area contributed by atoms with Crippen molar-refractivity contribution in [1.82, 2.24) is 5.32 Å². The first kappa shape index (κ1) is 13.4. The third-order valence-electron chi connectivity index (χ3n) is 3.98. The second kappa shape index (κ2) is 6.25. The Balaban J connectivity index is 1.55. The van der Waals surface area contributed by atoms with Crippen LogP contribution in [0, 0.1) is 0 Å². The molecule has 0 radical (unpaired) electrons. The summed E-state index contributed by atoms with van der Waals surface area (Å²) in [5.74, 6) is 1.89. The van der Waals surface area contributed by atoms with Gasteiger partial charge in [-0.05, 0) is 37.8 Å². The topological polar surface area (TPSA) is 45.4 Å². The number of aliphatic hydroxyl groups is 1. The molecule has 0 atom stereocenters. The monoisotopic (exact) mass is 271 g/mol. The van der Waals surface area contributed by atoms with Crippen molar-refractivity contribution in [2.75, 3.05) is 0 Å². The zero-order valence-corrected chi connectivity index (χ0v) is 11.6. The Morgan fingerprint density at radius 3 is 2.50 bits per heavy atom. The maximum Gasteiger partial charge on any atom is 0.134 e. The van der Waals surface area contributed by atoms with Gasteiger partial charge in [-0.15, -0.1) is 0 Å². The molecule has 1 fully saturated rings. The third-order valence-corrected chi connectivity index (χ3v) is 3.98. The van der Waals surface area contributed by atoms with E-state index in [1.54, 1.807) is 0 Å². The molecule has 0 amide bonds. The summed E-state index contributed by atoms with van der Waals surface area (Å²) in [5.41, 5.74) is 1.11. The summed E-state index contributed by atoms with van der Waals surface area (Å²) in [6.07, 6.45) is 3.82. The van der Waals surface area contributed by atoms with Crippen molar-refractivity contribution in [3.8, 4) is 11.3 Å². The van der Waals surface area contributed by atoms with E-state index in [1.165, 1.54) is 0 Å². The number of hydrogen-bond acceptors (Lipinski definition) is 3. The van der Waals surface area contributed by atoms with Gasteiger partial charge in [0.2, 0.25) is 0 Å². The summed E-state index contributed by atoms with van der Waals surface area (Å²) in [5, 5.41) is 13.0. The van der Waals surface area contributed by atoms with E-state index in [9.17, 15) is 5.11 Å². The van der Waals surface area contributed by atoms with Crippen LogP contribution < -0.4 is 5.32 Å². The molecule has 1 aromatic carbocycles. The Hall–Kier alpha value is -1.58. The molecular weight excluding hydrogens is 250 g/mol. The van der Waals surface area contributed by atoms with E-state index in [1.807, 2.05) is 30.3 Å². The van der Waals surface area contributed by atoms with Gasteiger partial charge in [-0.1, -0.05) is 30.3 Å². The summed E-state index contributed by atoms with van der Waals surface area (Å²) >= 11 is 0. The highest BCUT2D eigenvalue weighted by Crippen LogP contribution is 2.22. The van der Waals surface area contributed by atoms with Crippen molar-refractivity contribution in [2.45, 2.75) is 44.4 Å². The van der Waals surface area contributed by atoms with Gasteiger partial charge >= 0.3 is 0 Å². The van der Waals surface area contributed by atoms with Crippen molar-refractivity contribution in [2.24, 2.45) is 0 Å². The van der Waals surface area contributed by atoms with Crippen molar-refractivity contribution in [1.29, 1.82) is 0 Å². The maximum atomic E-state index is 9.50. The zero-order valence-electron chi connectivity index (χ0n) is 11.6. The lowest BCUT2D eigenvalue weighted by molar-refractivity contribution is 0.116. The summed E-state index contributed by atoms with van der Waals surface area (Å²) in [4.78, 5) is 0. The number of nitrogens with one attached hydrogen (secondary N) is 1. The van der Waals surface area contributed by atoms with E-state index in [2.05, 4.69) is 17.4 Å². The second-order valence-electron chi connectivity index (χ2n) is 5.52. The molecule has 0 saturated heterocycles. The Bertz CT molecular complexity index is 527. The van der Waals surface area contributed by atoms with Crippen LogP contribution in [0.15, 0.2) is 46.9 Å². The molecule has 1 aliphatic carbocycles. The van der Waals surface area contributed by atoms with Crippen LogP contribution in [-0.4, -0.2) is 17.3 Å². The van der Waals surface area contributed by atoms with E-state index >= 15 is 0 Å². The predicted molar refractivity (Wildman–Crippen MR) is 79.2 cm³/mol. The van der Waals surface area contributed by atoms with Crippen molar-refractivity contribution in [3.05, 3.63) is 48.2 Å². The van der Waals surface area contributed by atoms with Gasteiger partial charge in [0, 0.05) is 11.6 Å². The Morgan fingerprint density at radius 1 is 1.00 bits per heavy atom. The van der Waals surface area contributed by atoms with E-state index in [4.69, 9.17) is 4.42 Å². The SMILES string of the molecule is OC1CCC(NCc2ccc(-c3ccccc3)o2)CC1. The van der Waals surface area contributed by atoms with Crippen molar-refractivity contribution >= 4 is 0 Å². The highest BCUT2D eigenvalue weighted by Gasteiger charge is 2.19. The third kappa shape index (κ3) is 3.30. The van der Waals surface area contributed by atoms with E-state index in [0.29, 0.717) is 6.04 Å². The molecule has 0 aliphatic heterocycles. The zero-order chi connectivity index (χ0) is 13.8. The summed E-state index contributed by atoms with van der Waals surface area (Å²) < 4.78 is 5.87. The number of hydrogen-bond donors (Lipinski definition) is 2. The molecule has 2 N–H and O–H groups in total. The molecule has 3 nitrogen and oxygen atoms in total. The largest absolute Gasteiger partial charge is 0.460 e. The number of furan rings is 1. The first-order valence-corrected chi connectivity index (χ1v) is 7.37. The second-order valence-corrected chi connectivity index (χ2v) is 5.52. The van der Waals surface area contributed by atoms with E-state index in [0.717, 1.165) is 49.3 Å². The molecule has 3 rings (SSSR count). The van der Waals surface area contributed by atoms with E-state index in [-0.39, 0.29) is 6.10 Å². The number of benzene rings is 1. The maximum absolute atomic E-state index is 9.50. The molecular formula is C17H21NO2. The van der Waals surface area contributed by atoms with Crippen molar-refractivity contribution in [3.63, 3.8) is 0 Å². The highest BCUT2D eigenvalue weighted by molar-refractivity contribution is 5.57. The molecule has 2 aromatic rings. The van der Waals surface area contributed by atoms with Crippen LogP contribution in [0.3, 0.4) is 0 Å². The summed E-state index contributed by atoms with van der Waals surface area (Å²) in [7, 11) is 0. The lowest BCUT2D eigenvalue weighted by atomic mass is 9.93. The number of aliphatic hydroxyl groups excluding tert-OH is 1. The average Bonchev–Trinajstić information content (AvgIpc) is 2.97. The van der Waals surface area contributed by atoms with Gasteiger partial charge in [0.25, 0.3) is 0 Å². The lowest BCUT2D eigenvalue weighted by Crippen LogP contribution is -2.34. The molecule has 0 unspecified atom stereocenters. The van der Waals surface area contributed by atoms with Gasteiger partial charge in [-0.25, -0.2) is 0 Å². The molecule has 106 valence electrons. The molecule has 1 aromatic heterocycles. The van der Waals surface area contributed by atoms with Crippen LogP contribution in [0.25, 0.3) is 11.3 Å². The van der Waals surface area contributed by atoms with Gasteiger partial charge in [0.15, 0.2) is 0 Å². The smallest absolute Gasteiger partial charge is 0.134 e. The van der Waals surface area contributed by atoms with Gasteiger partial charge in [0.1, 0.15) is 11.5 Å². The fourth-order valence-electron chi connectivity index (χ4n) is 2.76. The first-order chi connectivity index (χ1) is 9.81. The minimum Gasteiger partial charge on any atom is -0.460 e. The fraction of sp³-hybridized carbons (Fsp3) is 0.412. The van der Waals surface area contributed by atoms with Crippen LogP contribution >= 0.6 is 0 Å². The molecule has 20 heavy (non-hydrogen) atoms. The van der Waals surface area contributed by atoms with E-state index < -0.39 is 0 Å². The van der Waals surface area contributed by atoms with Gasteiger partial charge in [-0.2, -0.15) is 0 Å². The standard InChI is InChI=1S/C17H21NO2/c19-15-8-6-14(7-9-15)18-12-16-10-11-17(20-16)13-4-2-1-3-5-13/h1-5,10-11,14-15,18-19H,6-9,12H2. The molecule has 0 spiro atoms. The molecule has 0 bridgehead atoms. The van der Waals surface area contributed by atoms with Crippen LogP contribution in [-0.2, 0) is 6.54 Å². The molecule has 1 aliphatic rings. The summed E-state index contributed by atoms with van der Waals surface area (Å²) in [6.45, 7) is 0.758. The molecule has 1 saturated carbocycles.